The second-order valence-corrected chi connectivity index (χ2v) is 17.9. The van der Waals surface area contributed by atoms with Crippen molar-refractivity contribution in [3.63, 3.8) is 0 Å². The van der Waals surface area contributed by atoms with Crippen molar-refractivity contribution in [3.05, 3.63) is 0 Å². The molecule has 0 aliphatic heterocycles. The van der Waals surface area contributed by atoms with Crippen molar-refractivity contribution in [3.8, 4) is 6.07 Å². The molecule has 1 rings (SSSR count). The van der Waals surface area contributed by atoms with E-state index < -0.39 is 17.7 Å². The van der Waals surface area contributed by atoms with Crippen LogP contribution in [-0.2, 0) is 0 Å². The summed E-state index contributed by atoms with van der Waals surface area (Å²) < 4.78 is -0.632. The summed E-state index contributed by atoms with van der Waals surface area (Å²) >= 11 is -2.41. The topological polar surface area (TPSA) is 44.0 Å². The fourth-order valence-corrected chi connectivity index (χ4v) is 15.7. The summed E-state index contributed by atoms with van der Waals surface area (Å²) in [5.74, 6) is 0.186. The van der Waals surface area contributed by atoms with Crippen LogP contribution in [0.1, 0.15) is 59.8 Å². The third kappa shape index (κ3) is 2.88. The SMILES string of the molecule is C[CH2][Ge]([CH2]C)([CH2]C)[C](O)(C(C)C#N)C1CCCCC1. The number of nitriles is 1. The molecular weight excluding hydrogens is 295 g/mol. The second kappa shape index (κ2) is 7.13. The third-order valence-corrected chi connectivity index (χ3v) is 19.8. The summed E-state index contributed by atoms with van der Waals surface area (Å²) in [6.07, 6.45) is 6.05. The fraction of sp³-hybridized carbons (Fsp3) is 0.938. The Morgan fingerprint density at radius 3 is 2.00 bits per heavy atom. The van der Waals surface area contributed by atoms with Crippen molar-refractivity contribution in [1.82, 2.24) is 0 Å². The monoisotopic (exact) mass is 327 g/mol. The molecule has 0 aromatic heterocycles. The van der Waals surface area contributed by atoms with E-state index >= 15 is 0 Å². The van der Waals surface area contributed by atoms with Crippen molar-refractivity contribution in [2.24, 2.45) is 11.8 Å². The summed E-state index contributed by atoms with van der Waals surface area (Å²) in [5, 5.41) is 24.6. The fourth-order valence-electron chi connectivity index (χ4n) is 4.49. The molecule has 1 aliphatic carbocycles. The Balaban J connectivity index is 3.21. The van der Waals surface area contributed by atoms with Crippen LogP contribution in [0.5, 0.6) is 0 Å². The molecule has 0 aromatic rings. The van der Waals surface area contributed by atoms with Gasteiger partial charge in [0.05, 0.1) is 0 Å². The first-order valence-corrected chi connectivity index (χ1v) is 13.6. The molecule has 1 saturated carbocycles. The maximum atomic E-state index is 11.7. The summed E-state index contributed by atoms with van der Waals surface area (Å²) in [4.78, 5) is 0. The zero-order valence-corrected chi connectivity index (χ0v) is 15.3. The Bertz CT molecular complexity index is 307. The Morgan fingerprint density at radius 1 is 1.16 bits per heavy atom. The van der Waals surface area contributed by atoms with Crippen molar-refractivity contribution < 1.29 is 5.11 Å². The van der Waals surface area contributed by atoms with E-state index in [2.05, 4.69) is 26.8 Å². The summed E-state index contributed by atoms with van der Waals surface area (Å²) in [5.41, 5.74) is 0. The van der Waals surface area contributed by atoms with Crippen molar-refractivity contribution >= 4 is 13.3 Å². The molecule has 3 heteroatoms. The van der Waals surface area contributed by atoms with Gasteiger partial charge in [0.2, 0.25) is 0 Å². The van der Waals surface area contributed by atoms with Gasteiger partial charge in [-0.3, -0.25) is 0 Å². The molecule has 2 atom stereocenters. The number of nitrogens with zero attached hydrogens (tertiary/aromatic N) is 1. The first-order chi connectivity index (χ1) is 9.02. The molecule has 0 heterocycles. The van der Waals surface area contributed by atoms with E-state index in [-0.39, 0.29) is 5.92 Å². The molecule has 0 radical (unpaired) electrons. The number of hydrogen-bond donors (Lipinski definition) is 1. The van der Waals surface area contributed by atoms with Gasteiger partial charge in [-0.25, -0.2) is 0 Å². The average molecular weight is 326 g/mol. The predicted molar refractivity (Wildman–Crippen MR) is 83.5 cm³/mol. The van der Waals surface area contributed by atoms with Gasteiger partial charge in [0.25, 0.3) is 0 Å². The Hall–Kier alpha value is -0.00714. The Labute approximate surface area is 121 Å². The Morgan fingerprint density at radius 2 is 1.63 bits per heavy atom. The van der Waals surface area contributed by atoms with Crippen molar-refractivity contribution in [2.75, 3.05) is 0 Å². The van der Waals surface area contributed by atoms with Crippen LogP contribution in [0.25, 0.3) is 0 Å². The Kier molecular flexibility index (Phi) is 6.40. The minimum atomic E-state index is -2.41. The predicted octanol–water partition coefficient (Wildman–Crippen LogP) is 4.51. The van der Waals surface area contributed by atoms with Crippen LogP contribution in [0.2, 0.25) is 15.8 Å². The molecule has 0 bridgehead atoms. The molecule has 1 N–H and O–H groups in total. The van der Waals surface area contributed by atoms with Gasteiger partial charge in [-0.2, -0.15) is 0 Å². The first kappa shape index (κ1) is 17.0. The van der Waals surface area contributed by atoms with Crippen LogP contribution in [0.15, 0.2) is 0 Å². The van der Waals surface area contributed by atoms with E-state index in [4.69, 9.17) is 0 Å². The van der Waals surface area contributed by atoms with Crippen LogP contribution >= 0.6 is 0 Å². The van der Waals surface area contributed by atoms with E-state index in [0.717, 1.165) is 28.6 Å². The van der Waals surface area contributed by atoms with Crippen LogP contribution in [0, 0.1) is 23.2 Å². The zero-order chi connectivity index (χ0) is 14.5. The molecule has 1 fully saturated rings. The molecule has 0 saturated heterocycles. The quantitative estimate of drug-likeness (QED) is 0.730. The molecule has 0 aromatic carbocycles. The van der Waals surface area contributed by atoms with E-state index in [9.17, 15) is 10.4 Å². The van der Waals surface area contributed by atoms with Gasteiger partial charge in [0.15, 0.2) is 0 Å². The molecular formula is C16H31GeNO. The number of hydrogen-bond acceptors (Lipinski definition) is 2. The summed E-state index contributed by atoms with van der Waals surface area (Å²) in [7, 11) is 0. The van der Waals surface area contributed by atoms with Crippen LogP contribution in [-0.4, -0.2) is 22.8 Å². The van der Waals surface area contributed by atoms with Gasteiger partial charge in [-0.1, -0.05) is 0 Å². The number of rotatable bonds is 6. The second-order valence-electron chi connectivity index (χ2n) is 6.35. The average Bonchev–Trinajstić information content (AvgIpc) is 2.49. The zero-order valence-electron chi connectivity index (χ0n) is 13.2. The summed E-state index contributed by atoms with van der Waals surface area (Å²) in [6, 6.07) is 2.41. The molecule has 2 unspecified atom stereocenters. The molecule has 0 spiro atoms. The van der Waals surface area contributed by atoms with E-state index in [1.807, 2.05) is 6.92 Å². The molecule has 0 amide bonds. The molecule has 2 nitrogen and oxygen atoms in total. The van der Waals surface area contributed by atoms with Crippen LogP contribution in [0.3, 0.4) is 0 Å². The van der Waals surface area contributed by atoms with Crippen molar-refractivity contribution in [2.45, 2.75) is 80.0 Å². The summed E-state index contributed by atoms with van der Waals surface area (Å²) in [6.45, 7) is 8.73. The third-order valence-electron chi connectivity index (χ3n) is 5.96. The maximum absolute atomic E-state index is 11.7. The molecule has 1 aliphatic rings. The van der Waals surface area contributed by atoms with Gasteiger partial charge in [0, 0.05) is 0 Å². The van der Waals surface area contributed by atoms with Crippen LogP contribution < -0.4 is 0 Å². The molecule has 19 heavy (non-hydrogen) atoms. The van der Waals surface area contributed by atoms with E-state index in [1.54, 1.807) is 0 Å². The van der Waals surface area contributed by atoms with E-state index in [1.165, 1.54) is 19.3 Å². The van der Waals surface area contributed by atoms with Crippen LogP contribution in [0.4, 0.5) is 0 Å². The van der Waals surface area contributed by atoms with Crippen molar-refractivity contribution in [1.29, 1.82) is 5.26 Å². The number of aliphatic hydroxyl groups is 1. The van der Waals surface area contributed by atoms with Gasteiger partial charge >= 0.3 is 122 Å². The van der Waals surface area contributed by atoms with Gasteiger partial charge in [-0.15, -0.1) is 0 Å². The van der Waals surface area contributed by atoms with Gasteiger partial charge in [-0.05, 0) is 0 Å². The normalized spacial score (nSPS) is 22.5. The minimum absolute atomic E-state index is 0.199. The van der Waals surface area contributed by atoms with Gasteiger partial charge < -0.3 is 0 Å². The first-order valence-electron chi connectivity index (χ1n) is 8.14. The standard InChI is InChI=1S/C16H31GeNO/c1-5-17(6-2,7-3)16(19,14(4)13-18)15-11-9-8-10-12-15/h14-15,19H,5-12H2,1-4H3. The van der Waals surface area contributed by atoms with E-state index in [0.29, 0.717) is 5.92 Å². The molecule has 110 valence electrons. The van der Waals surface area contributed by atoms with Gasteiger partial charge in [0.1, 0.15) is 0 Å².